The van der Waals surface area contributed by atoms with Gasteiger partial charge < -0.3 is 19.7 Å². The van der Waals surface area contributed by atoms with Gasteiger partial charge in [0.25, 0.3) is 5.91 Å². The first-order valence-electron chi connectivity index (χ1n) is 6.88. The molecule has 2 amide bonds. The number of furan rings is 1. The highest BCUT2D eigenvalue weighted by Gasteiger charge is 2.22. The Morgan fingerprint density at radius 3 is 2.59 bits per heavy atom. The SMILES string of the molecule is CCCCC(NC(=O)CN(C)C(=O)c1ccc(Br)o1)C(=O)O. The quantitative estimate of drug-likeness (QED) is 0.723. The molecule has 0 radical (unpaired) electrons. The molecule has 1 heterocycles. The molecule has 22 heavy (non-hydrogen) atoms. The summed E-state index contributed by atoms with van der Waals surface area (Å²) >= 11 is 3.09. The molecule has 1 atom stereocenters. The minimum absolute atomic E-state index is 0.0999. The van der Waals surface area contributed by atoms with Gasteiger partial charge in [0.2, 0.25) is 5.91 Å². The first-order valence-corrected chi connectivity index (χ1v) is 7.67. The normalized spacial score (nSPS) is 11.8. The lowest BCUT2D eigenvalue weighted by molar-refractivity contribution is -0.142. The molecule has 0 aliphatic rings. The van der Waals surface area contributed by atoms with Crippen LogP contribution in [0.2, 0.25) is 0 Å². The van der Waals surface area contributed by atoms with Crippen LogP contribution in [0.4, 0.5) is 0 Å². The van der Waals surface area contributed by atoms with E-state index in [4.69, 9.17) is 9.52 Å². The number of rotatable bonds is 8. The van der Waals surface area contributed by atoms with Crippen LogP contribution in [0.1, 0.15) is 36.7 Å². The number of halogens is 1. The topological polar surface area (TPSA) is 99.9 Å². The number of nitrogens with zero attached hydrogens (tertiary/aromatic N) is 1. The Labute approximate surface area is 136 Å². The van der Waals surface area contributed by atoms with Gasteiger partial charge in [-0.1, -0.05) is 19.8 Å². The molecule has 0 saturated heterocycles. The molecule has 1 rings (SSSR count). The van der Waals surface area contributed by atoms with Crippen LogP contribution in [0.25, 0.3) is 0 Å². The Bertz CT molecular complexity index is 543. The Kier molecular flexibility index (Phi) is 7.10. The van der Waals surface area contributed by atoms with Crippen molar-refractivity contribution in [3.8, 4) is 0 Å². The standard InChI is InChI=1S/C14H19BrN2O5/c1-3-4-5-9(14(20)21)16-12(18)8-17(2)13(19)10-6-7-11(15)22-10/h6-7,9H,3-5,8H2,1-2H3,(H,16,18)(H,20,21). The van der Waals surface area contributed by atoms with Crippen LogP contribution in [0.15, 0.2) is 21.2 Å². The number of unbranched alkanes of at least 4 members (excludes halogenated alkanes) is 1. The molecule has 0 fully saturated rings. The van der Waals surface area contributed by atoms with E-state index in [-0.39, 0.29) is 12.3 Å². The fourth-order valence-corrected chi connectivity index (χ4v) is 2.12. The zero-order valence-electron chi connectivity index (χ0n) is 12.5. The third-order valence-electron chi connectivity index (χ3n) is 2.99. The molecule has 7 nitrogen and oxygen atoms in total. The lowest BCUT2D eigenvalue weighted by Gasteiger charge is -2.18. The minimum Gasteiger partial charge on any atom is -0.480 e. The number of amides is 2. The number of carbonyl (C=O) groups is 3. The summed E-state index contributed by atoms with van der Waals surface area (Å²) in [6.07, 6.45) is 1.90. The molecule has 122 valence electrons. The first-order chi connectivity index (χ1) is 10.3. The Morgan fingerprint density at radius 2 is 2.09 bits per heavy atom. The van der Waals surface area contributed by atoms with Crippen molar-refractivity contribution in [2.24, 2.45) is 0 Å². The summed E-state index contributed by atoms with van der Waals surface area (Å²) in [5.41, 5.74) is 0. The van der Waals surface area contributed by atoms with E-state index in [0.29, 0.717) is 17.5 Å². The van der Waals surface area contributed by atoms with E-state index in [1.54, 1.807) is 6.07 Å². The summed E-state index contributed by atoms with van der Waals surface area (Å²) < 4.78 is 5.54. The van der Waals surface area contributed by atoms with E-state index in [1.807, 2.05) is 6.92 Å². The molecule has 8 heteroatoms. The van der Waals surface area contributed by atoms with E-state index in [2.05, 4.69) is 21.2 Å². The number of carboxylic acids is 1. The lowest BCUT2D eigenvalue weighted by Crippen LogP contribution is -2.45. The molecular weight excluding hydrogens is 356 g/mol. The molecule has 2 N–H and O–H groups in total. The van der Waals surface area contributed by atoms with Gasteiger partial charge in [-0.3, -0.25) is 9.59 Å². The highest BCUT2D eigenvalue weighted by molar-refractivity contribution is 9.10. The zero-order valence-corrected chi connectivity index (χ0v) is 14.1. The number of carboxylic acid groups (broad SMARTS) is 1. The van der Waals surface area contributed by atoms with E-state index in [0.717, 1.165) is 6.42 Å². The molecule has 0 aliphatic heterocycles. The molecule has 0 bridgehead atoms. The molecule has 0 saturated carbocycles. The van der Waals surface area contributed by atoms with Crippen molar-refractivity contribution in [3.63, 3.8) is 0 Å². The van der Waals surface area contributed by atoms with Crippen molar-refractivity contribution >= 4 is 33.7 Å². The van der Waals surface area contributed by atoms with Crippen molar-refractivity contribution in [3.05, 3.63) is 22.6 Å². The second kappa shape index (κ2) is 8.57. The predicted molar refractivity (Wildman–Crippen MR) is 82.5 cm³/mol. The first kappa shape index (κ1) is 18.2. The van der Waals surface area contributed by atoms with Gasteiger partial charge in [0.05, 0.1) is 6.54 Å². The average Bonchev–Trinajstić information content (AvgIpc) is 2.88. The van der Waals surface area contributed by atoms with E-state index in [1.165, 1.54) is 18.0 Å². The van der Waals surface area contributed by atoms with Crippen molar-refractivity contribution in [1.29, 1.82) is 0 Å². The number of hydrogen-bond acceptors (Lipinski definition) is 4. The van der Waals surface area contributed by atoms with E-state index >= 15 is 0 Å². The Morgan fingerprint density at radius 1 is 1.41 bits per heavy atom. The molecule has 0 aliphatic carbocycles. The van der Waals surface area contributed by atoms with Crippen LogP contribution >= 0.6 is 15.9 Å². The Balaban J connectivity index is 2.55. The monoisotopic (exact) mass is 374 g/mol. The van der Waals surface area contributed by atoms with Gasteiger partial charge in [-0.2, -0.15) is 0 Å². The van der Waals surface area contributed by atoms with E-state index < -0.39 is 23.8 Å². The van der Waals surface area contributed by atoms with Crippen LogP contribution in [0.5, 0.6) is 0 Å². The van der Waals surface area contributed by atoms with Gasteiger partial charge in [0, 0.05) is 7.05 Å². The van der Waals surface area contributed by atoms with Gasteiger partial charge >= 0.3 is 5.97 Å². The molecule has 1 aromatic heterocycles. The fourth-order valence-electron chi connectivity index (χ4n) is 1.81. The number of aliphatic carboxylic acids is 1. The van der Waals surface area contributed by atoms with Crippen LogP contribution in [0.3, 0.4) is 0 Å². The Hall–Kier alpha value is -1.83. The van der Waals surface area contributed by atoms with Gasteiger partial charge in [-0.15, -0.1) is 0 Å². The lowest BCUT2D eigenvalue weighted by atomic mass is 10.1. The van der Waals surface area contributed by atoms with Crippen molar-refractivity contribution in [2.45, 2.75) is 32.2 Å². The van der Waals surface area contributed by atoms with Gasteiger partial charge in [0.15, 0.2) is 10.4 Å². The third kappa shape index (κ3) is 5.51. The maximum Gasteiger partial charge on any atom is 0.326 e. The van der Waals surface area contributed by atoms with Crippen LogP contribution in [-0.4, -0.2) is 47.4 Å². The highest BCUT2D eigenvalue weighted by Crippen LogP contribution is 2.15. The van der Waals surface area contributed by atoms with Crippen LogP contribution < -0.4 is 5.32 Å². The summed E-state index contributed by atoms with van der Waals surface area (Å²) in [5.74, 6) is -1.96. The molecule has 1 unspecified atom stereocenters. The van der Waals surface area contributed by atoms with Gasteiger partial charge in [-0.25, -0.2) is 4.79 Å². The minimum atomic E-state index is -1.08. The number of likely N-dealkylation sites (N-methyl/N-ethyl adjacent to an activating group) is 1. The zero-order chi connectivity index (χ0) is 16.7. The largest absolute Gasteiger partial charge is 0.480 e. The van der Waals surface area contributed by atoms with Crippen LogP contribution in [0, 0.1) is 0 Å². The fraction of sp³-hybridized carbons (Fsp3) is 0.500. The van der Waals surface area contributed by atoms with E-state index in [9.17, 15) is 14.4 Å². The number of carbonyl (C=O) groups excluding carboxylic acids is 2. The van der Waals surface area contributed by atoms with Crippen molar-refractivity contribution in [1.82, 2.24) is 10.2 Å². The third-order valence-corrected chi connectivity index (χ3v) is 3.42. The summed E-state index contributed by atoms with van der Waals surface area (Å²) in [4.78, 5) is 36.1. The summed E-state index contributed by atoms with van der Waals surface area (Å²) in [7, 11) is 1.44. The van der Waals surface area contributed by atoms with Crippen LogP contribution in [-0.2, 0) is 9.59 Å². The summed E-state index contributed by atoms with van der Waals surface area (Å²) in [6.45, 7) is 1.70. The molecule has 0 aromatic carbocycles. The maximum atomic E-state index is 12.0. The second-order valence-corrected chi connectivity index (χ2v) is 5.65. The predicted octanol–water partition coefficient (Wildman–Crippen LogP) is 1.87. The summed E-state index contributed by atoms with van der Waals surface area (Å²) in [5, 5.41) is 11.5. The maximum absolute atomic E-state index is 12.0. The number of nitrogens with one attached hydrogen (secondary N) is 1. The molecular formula is C14H19BrN2O5. The van der Waals surface area contributed by atoms with Crippen molar-refractivity contribution < 1.29 is 23.9 Å². The smallest absolute Gasteiger partial charge is 0.326 e. The molecule has 0 spiro atoms. The van der Waals surface area contributed by atoms with Crippen molar-refractivity contribution in [2.75, 3.05) is 13.6 Å². The van der Waals surface area contributed by atoms with Gasteiger partial charge in [-0.05, 0) is 34.5 Å². The molecule has 1 aromatic rings. The number of hydrogen-bond donors (Lipinski definition) is 2. The highest BCUT2D eigenvalue weighted by atomic mass is 79.9. The van der Waals surface area contributed by atoms with Gasteiger partial charge in [0.1, 0.15) is 6.04 Å². The second-order valence-electron chi connectivity index (χ2n) is 4.87. The average molecular weight is 375 g/mol. The summed E-state index contributed by atoms with van der Waals surface area (Å²) in [6, 6.07) is 2.13.